The topological polar surface area (TPSA) is 57.0 Å². The lowest BCUT2D eigenvalue weighted by molar-refractivity contribution is 0.407. The van der Waals surface area contributed by atoms with E-state index in [0.29, 0.717) is 10.9 Å². The van der Waals surface area contributed by atoms with Crippen molar-refractivity contribution in [1.82, 2.24) is 14.5 Å². The molecule has 0 atom stereocenters. The number of aryl methyl sites for hydroxylation is 1. The van der Waals surface area contributed by atoms with Gasteiger partial charge in [0, 0.05) is 41.4 Å². The maximum absolute atomic E-state index is 11.5. The van der Waals surface area contributed by atoms with Crippen molar-refractivity contribution in [2.75, 3.05) is 7.11 Å². The summed E-state index contributed by atoms with van der Waals surface area (Å²) in [7, 11) is 1.67. The summed E-state index contributed by atoms with van der Waals surface area (Å²) in [5, 5.41) is 0.711. The van der Waals surface area contributed by atoms with E-state index in [9.17, 15) is 4.79 Å². The lowest BCUT2D eigenvalue weighted by atomic mass is 10.1. The van der Waals surface area contributed by atoms with E-state index in [-0.39, 0.29) is 11.6 Å². The second kappa shape index (κ2) is 6.96. The fourth-order valence-electron chi connectivity index (χ4n) is 2.25. The van der Waals surface area contributed by atoms with E-state index < -0.39 is 0 Å². The molecule has 0 saturated carbocycles. The number of methoxy groups -OCH3 is 1. The van der Waals surface area contributed by atoms with Crippen molar-refractivity contribution < 1.29 is 4.74 Å². The molecule has 6 heteroatoms. The Morgan fingerprint density at radius 3 is 2.73 bits per heavy atom. The van der Waals surface area contributed by atoms with E-state index in [2.05, 4.69) is 23.8 Å². The van der Waals surface area contributed by atoms with E-state index in [1.165, 1.54) is 17.8 Å². The summed E-state index contributed by atoms with van der Waals surface area (Å²) in [6, 6.07) is 1.74. The molecule has 0 spiro atoms. The van der Waals surface area contributed by atoms with Crippen LogP contribution in [-0.2, 0) is 5.75 Å². The molecule has 0 unspecified atom stereocenters. The summed E-state index contributed by atoms with van der Waals surface area (Å²) in [4.78, 5) is 20.1. The highest BCUT2D eigenvalue weighted by atomic mass is 32.2. The van der Waals surface area contributed by atoms with Crippen LogP contribution in [0.5, 0.6) is 5.75 Å². The first-order valence-corrected chi connectivity index (χ1v) is 8.13. The molecule has 22 heavy (non-hydrogen) atoms. The molecule has 118 valence electrons. The summed E-state index contributed by atoms with van der Waals surface area (Å²) in [6.45, 7) is 8.11. The monoisotopic (exact) mass is 319 g/mol. The van der Waals surface area contributed by atoms with Crippen LogP contribution in [-0.4, -0.2) is 21.6 Å². The number of rotatable bonds is 5. The third-order valence-corrected chi connectivity index (χ3v) is 4.43. The predicted octanol–water partition coefficient (Wildman–Crippen LogP) is 3.14. The molecule has 0 aliphatic carbocycles. The number of hydrogen-bond acceptors (Lipinski definition) is 5. The molecule has 5 nitrogen and oxygen atoms in total. The van der Waals surface area contributed by atoms with Gasteiger partial charge in [0.05, 0.1) is 12.8 Å². The molecule has 0 N–H and O–H groups in total. The number of ether oxygens (including phenoxy) is 1. The van der Waals surface area contributed by atoms with Gasteiger partial charge in [-0.1, -0.05) is 11.8 Å². The minimum absolute atomic E-state index is 0.217. The van der Waals surface area contributed by atoms with Crippen LogP contribution < -0.4 is 10.3 Å². The third kappa shape index (κ3) is 3.50. The molecule has 0 aromatic carbocycles. The van der Waals surface area contributed by atoms with Gasteiger partial charge in [0.1, 0.15) is 5.75 Å². The van der Waals surface area contributed by atoms with Crippen molar-refractivity contribution >= 4 is 11.8 Å². The fourth-order valence-corrected chi connectivity index (χ4v) is 3.38. The van der Waals surface area contributed by atoms with Crippen LogP contribution >= 0.6 is 11.8 Å². The molecule has 0 aliphatic heterocycles. The Hall–Kier alpha value is -1.82. The van der Waals surface area contributed by atoms with Gasteiger partial charge < -0.3 is 9.30 Å². The molecule has 2 aromatic rings. The summed E-state index contributed by atoms with van der Waals surface area (Å²) in [6.07, 6.45) is 3.61. The van der Waals surface area contributed by atoms with Gasteiger partial charge in [-0.15, -0.1) is 0 Å². The number of nitrogens with zero attached hydrogens (tertiary/aromatic N) is 3. The SMILES string of the molecule is COc1c(C)cnc(CSc2nc(=O)ccn2C(C)C)c1C. The first kappa shape index (κ1) is 16.5. The summed E-state index contributed by atoms with van der Waals surface area (Å²) in [5.74, 6) is 1.51. The zero-order valence-corrected chi connectivity index (χ0v) is 14.4. The maximum atomic E-state index is 11.5. The Labute approximate surface area is 134 Å². The molecule has 2 rings (SSSR count). The van der Waals surface area contributed by atoms with E-state index in [0.717, 1.165) is 22.6 Å². The van der Waals surface area contributed by atoms with Crippen molar-refractivity contribution in [3.8, 4) is 5.75 Å². The fraction of sp³-hybridized carbons (Fsp3) is 0.438. The molecule has 0 bridgehead atoms. The van der Waals surface area contributed by atoms with Gasteiger partial charge in [-0.25, -0.2) is 0 Å². The number of aromatic nitrogens is 3. The molecule has 0 radical (unpaired) electrons. The van der Waals surface area contributed by atoms with Crippen LogP contribution in [0.1, 0.15) is 36.7 Å². The molecule has 0 amide bonds. The highest BCUT2D eigenvalue weighted by Gasteiger charge is 2.12. The smallest absolute Gasteiger partial charge is 0.273 e. The highest BCUT2D eigenvalue weighted by Crippen LogP contribution is 2.28. The van der Waals surface area contributed by atoms with E-state index in [1.807, 2.05) is 24.6 Å². The van der Waals surface area contributed by atoms with Crippen LogP contribution in [0.2, 0.25) is 0 Å². The largest absolute Gasteiger partial charge is 0.496 e. The van der Waals surface area contributed by atoms with Gasteiger partial charge in [0.15, 0.2) is 5.16 Å². The van der Waals surface area contributed by atoms with Gasteiger partial charge in [-0.3, -0.25) is 9.78 Å². The molecule has 2 heterocycles. The average molecular weight is 319 g/mol. The summed E-state index contributed by atoms with van der Waals surface area (Å²) in [5.41, 5.74) is 2.78. The molecule has 0 aliphatic rings. The van der Waals surface area contributed by atoms with Crippen LogP contribution in [0.25, 0.3) is 0 Å². The lowest BCUT2D eigenvalue weighted by Gasteiger charge is -2.16. The van der Waals surface area contributed by atoms with Crippen molar-refractivity contribution in [2.24, 2.45) is 0 Å². The standard InChI is InChI=1S/C16H21N3O2S/c1-10(2)19-7-6-14(20)18-16(19)22-9-13-12(4)15(21-5)11(3)8-17-13/h6-8,10H,9H2,1-5H3. The second-order valence-electron chi connectivity index (χ2n) is 5.38. The zero-order valence-electron chi connectivity index (χ0n) is 13.6. The third-order valence-electron chi connectivity index (χ3n) is 3.45. The first-order valence-electron chi connectivity index (χ1n) is 7.15. The Balaban J connectivity index is 2.28. The molecule has 0 saturated heterocycles. The van der Waals surface area contributed by atoms with Crippen molar-refractivity contribution in [1.29, 1.82) is 0 Å². The Bertz CT molecular complexity index is 726. The van der Waals surface area contributed by atoms with Crippen LogP contribution in [0.3, 0.4) is 0 Å². The second-order valence-corrected chi connectivity index (χ2v) is 6.33. The Morgan fingerprint density at radius 1 is 1.36 bits per heavy atom. The first-order chi connectivity index (χ1) is 10.4. The Morgan fingerprint density at radius 2 is 2.09 bits per heavy atom. The molecular formula is C16H21N3O2S. The highest BCUT2D eigenvalue weighted by molar-refractivity contribution is 7.98. The van der Waals surface area contributed by atoms with Crippen LogP contribution in [0.15, 0.2) is 28.4 Å². The summed E-state index contributed by atoms with van der Waals surface area (Å²) >= 11 is 1.52. The minimum atomic E-state index is -0.217. The van der Waals surface area contributed by atoms with Crippen molar-refractivity contribution in [3.63, 3.8) is 0 Å². The van der Waals surface area contributed by atoms with Gasteiger partial charge in [-0.2, -0.15) is 4.98 Å². The van der Waals surface area contributed by atoms with Crippen LogP contribution in [0.4, 0.5) is 0 Å². The Kier molecular flexibility index (Phi) is 5.24. The minimum Gasteiger partial charge on any atom is -0.496 e. The number of hydrogen-bond donors (Lipinski definition) is 0. The van der Waals surface area contributed by atoms with Crippen LogP contribution in [0, 0.1) is 13.8 Å². The van der Waals surface area contributed by atoms with E-state index in [4.69, 9.17) is 4.74 Å². The van der Waals surface area contributed by atoms with Gasteiger partial charge in [0.2, 0.25) is 0 Å². The normalized spacial score (nSPS) is 11.0. The van der Waals surface area contributed by atoms with E-state index in [1.54, 1.807) is 13.3 Å². The number of thioether (sulfide) groups is 1. The summed E-state index contributed by atoms with van der Waals surface area (Å²) < 4.78 is 7.42. The van der Waals surface area contributed by atoms with Gasteiger partial charge in [0.25, 0.3) is 5.56 Å². The van der Waals surface area contributed by atoms with Crippen molar-refractivity contribution in [2.45, 2.75) is 44.6 Å². The van der Waals surface area contributed by atoms with Gasteiger partial charge >= 0.3 is 0 Å². The number of pyridine rings is 1. The van der Waals surface area contributed by atoms with E-state index >= 15 is 0 Å². The molecular weight excluding hydrogens is 298 g/mol. The van der Waals surface area contributed by atoms with Gasteiger partial charge in [-0.05, 0) is 27.7 Å². The average Bonchev–Trinajstić information content (AvgIpc) is 2.46. The van der Waals surface area contributed by atoms with Crippen molar-refractivity contribution in [3.05, 3.63) is 45.6 Å². The lowest BCUT2D eigenvalue weighted by Crippen LogP contribution is -2.14. The maximum Gasteiger partial charge on any atom is 0.273 e. The zero-order chi connectivity index (χ0) is 16.3. The molecule has 2 aromatic heterocycles. The molecule has 0 fully saturated rings. The predicted molar refractivity (Wildman–Crippen MR) is 88.7 cm³/mol. The quantitative estimate of drug-likeness (QED) is 0.626.